The fourth-order valence-electron chi connectivity index (χ4n) is 1.06. The highest BCUT2D eigenvalue weighted by molar-refractivity contribution is 7.17. The molecule has 0 atom stereocenters. The smallest absolute Gasteiger partial charge is 0.169 e. The summed E-state index contributed by atoms with van der Waals surface area (Å²) in [5, 5.41) is 6.70. The second-order valence-corrected chi connectivity index (χ2v) is 3.77. The Morgan fingerprint density at radius 1 is 1.46 bits per heavy atom. The van der Waals surface area contributed by atoms with Gasteiger partial charge in [-0.25, -0.2) is 0 Å². The summed E-state index contributed by atoms with van der Waals surface area (Å²) in [5.41, 5.74) is 0.956. The van der Waals surface area contributed by atoms with Crippen LogP contribution in [0.25, 0.3) is 10.6 Å². The van der Waals surface area contributed by atoms with E-state index in [1.165, 1.54) is 11.3 Å². The van der Waals surface area contributed by atoms with Gasteiger partial charge in [-0.2, -0.15) is 5.10 Å². The molecule has 0 unspecified atom stereocenters. The Morgan fingerprint density at radius 2 is 2.31 bits per heavy atom. The van der Waals surface area contributed by atoms with Gasteiger partial charge in [0.15, 0.2) is 5.78 Å². The Hall–Kier alpha value is -1.42. The summed E-state index contributed by atoms with van der Waals surface area (Å²) in [6, 6.07) is 5.65. The summed E-state index contributed by atoms with van der Waals surface area (Å²) in [7, 11) is 0. The number of thiophene rings is 1. The standard InChI is InChI=1S/C9H8N2OS/c1-6(12)8-2-3-9(13-8)7-4-5-10-11-7/h2-5H,1H3,(H,10,11). The number of aromatic nitrogens is 2. The molecule has 2 heterocycles. The Morgan fingerprint density at radius 3 is 2.85 bits per heavy atom. The van der Waals surface area contributed by atoms with Gasteiger partial charge in [0.25, 0.3) is 0 Å². The minimum atomic E-state index is 0.107. The first-order valence-corrected chi connectivity index (χ1v) is 4.69. The highest BCUT2D eigenvalue weighted by atomic mass is 32.1. The van der Waals surface area contributed by atoms with E-state index < -0.39 is 0 Å². The zero-order valence-electron chi connectivity index (χ0n) is 7.07. The summed E-state index contributed by atoms with van der Waals surface area (Å²) in [6.45, 7) is 1.57. The van der Waals surface area contributed by atoms with Crippen LogP contribution in [0.15, 0.2) is 24.4 Å². The number of nitrogens with one attached hydrogen (secondary N) is 1. The van der Waals surface area contributed by atoms with Crippen LogP contribution in [0, 0.1) is 0 Å². The lowest BCUT2D eigenvalue weighted by Gasteiger charge is -1.87. The van der Waals surface area contributed by atoms with Crippen LogP contribution in [0.4, 0.5) is 0 Å². The van der Waals surface area contributed by atoms with Crippen molar-refractivity contribution in [2.75, 3.05) is 0 Å². The van der Waals surface area contributed by atoms with Gasteiger partial charge < -0.3 is 0 Å². The molecule has 0 aromatic carbocycles. The molecule has 1 N–H and O–H groups in total. The molecule has 0 amide bonds. The lowest BCUT2D eigenvalue weighted by Crippen LogP contribution is -1.83. The van der Waals surface area contributed by atoms with Crippen molar-refractivity contribution in [1.82, 2.24) is 10.2 Å². The van der Waals surface area contributed by atoms with Gasteiger partial charge in [0, 0.05) is 6.20 Å². The summed E-state index contributed by atoms with van der Waals surface area (Å²) in [4.78, 5) is 12.8. The van der Waals surface area contributed by atoms with Gasteiger partial charge in [0.1, 0.15) is 0 Å². The molecule has 0 radical (unpaired) electrons. The SMILES string of the molecule is CC(=O)c1ccc(-c2ccn[nH]2)s1. The van der Waals surface area contributed by atoms with Gasteiger partial charge in [-0.3, -0.25) is 9.89 Å². The number of carbonyl (C=O) groups excluding carboxylic acids is 1. The fourth-order valence-corrected chi connectivity index (χ4v) is 1.94. The minimum Gasteiger partial charge on any atom is -0.294 e. The van der Waals surface area contributed by atoms with Crippen molar-refractivity contribution in [2.24, 2.45) is 0 Å². The number of hydrogen-bond donors (Lipinski definition) is 1. The number of aromatic amines is 1. The molecule has 4 heteroatoms. The fraction of sp³-hybridized carbons (Fsp3) is 0.111. The predicted molar refractivity (Wildman–Crippen MR) is 51.9 cm³/mol. The molecular formula is C9H8N2OS. The van der Waals surface area contributed by atoms with Gasteiger partial charge in [0.05, 0.1) is 15.4 Å². The van der Waals surface area contributed by atoms with Gasteiger partial charge in [0.2, 0.25) is 0 Å². The highest BCUT2D eigenvalue weighted by Gasteiger charge is 2.06. The predicted octanol–water partition coefficient (Wildman–Crippen LogP) is 2.34. The third kappa shape index (κ3) is 1.53. The van der Waals surface area contributed by atoms with Crippen molar-refractivity contribution >= 4 is 17.1 Å². The maximum Gasteiger partial charge on any atom is 0.169 e. The van der Waals surface area contributed by atoms with Gasteiger partial charge in [-0.1, -0.05) is 0 Å². The molecule has 2 rings (SSSR count). The number of rotatable bonds is 2. The van der Waals surface area contributed by atoms with Gasteiger partial charge in [-0.15, -0.1) is 11.3 Å². The normalized spacial score (nSPS) is 10.2. The quantitative estimate of drug-likeness (QED) is 0.742. The van der Waals surface area contributed by atoms with E-state index in [1.807, 2.05) is 18.2 Å². The van der Waals surface area contributed by atoms with Gasteiger partial charge in [-0.05, 0) is 25.1 Å². The minimum absolute atomic E-state index is 0.107. The summed E-state index contributed by atoms with van der Waals surface area (Å²) < 4.78 is 0. The maximum atomic E-state index is 11.0. The Bertz CT molecular complexity index is 417. The van der Waals surface area contributed by atoms with Crippen molar-refractivity contribution in [3.05, 3.63) is 29.3 Å². The van der Waals surface area contributed by atoms with Crippen LogP contribution in [-0.2, 0) is 0 Å². The lowest BCUT2D eigenvalue weighted by molar-refractivity contribution is 0.102. The summed E-state index contributed by atoms with van der Waals surface area (Å²) >= 11 is 1.48. The molecule has 0 fully saturated rings. The third-order valence-electron chi connectivity index (χ3n) is 1.72. The second-order valence-electron chi connectivity index (χ2n) is 2.69. The van der Waals surface area contributed by atoms with Crippen LogP contribution in [0.3, 0.4) is 0 Å². The molecule has 13 heavy (non-hydrogen) atoms. The van der Waals surface area contributed by atoms with Crippen LogP contribution in [0.1, 0.15) is 16.6 Å². The van der Waals surface area contributed by atoms with Crippen molar-refractivity contribution < 1.29 is 4.79 Å². The Balaban J connectivity index is 2.39. The van der Waals surface area contributed by atoms with Crippen LogP contribution < -0.4 is 0 Å². The first kappa shape index (κ1) is 8.19. The molecule has 0 aliphatic carbocycles. The Kier molecular flexibility index (Phi) is 1.98. The van der Waals surface area contributed by atoms with E-state index in [9.17, 15) is 4.79 Å². The molecule has 0 aliphatic rings. The van der Waals surface area contributed by atoms with Crippen LogP contribution in [0.2, 0.25) is 0 Å². The molecule has 0 bridgehead atoms. The topological polar surface area (TPSA) is 45.8 Å². The first-order chi connectivity index (χ1) is 6.27. The zero-order valence-corrected chi connectivity index (χ0v) is 7.89. The van der Waals surface area contributed by atoms with Crippen molar-refractivity contribution in [3.8, 4) is 10.6 Å². The van der Waals surface area contributed by atoms with E-state index >= 15 is 0 Å². The van der Waals surface area contributed by atoms with Crippen molar-refractivity contribution in [2.45, 2.75) is 6.92 Å². The number of Topliss-reactive ketones (excluding diaryl/α,β-unsaturated/α-hetero) is 1. The first-order valence-electron chi connectivity index (χ1n) is 3.88. The average molecular weight is 192 g/mol. The maximum absolute atomic E-state index is 11.0. The molecule has 2 aromatic heterocycles. The number of hydrogen-bond acceptors (Lipinski definition) is 3. The van der Waals surface area contributed by atoms with Gasteiger partial charge >= 0.3 is 0 Å². The molecule has 0 saturated carbocycles. The molecular weight excluding hydrogens is 184 g/mol. The van der Waals surface area contributed by atoms with E-state index in [2.05, 4.69) is 10.2 Å². The van der Waals surface area contributed by atoms with Crippen molar-refractivity contribution in [3.63, 3.8) is 0 Å². The molecule has 66 valence electrons. The van der Waals surface area contributed by atoms with E-state index in [0.29, 0.717) is 0 Å². The van der Waals surface area contributed by atoms with Crippen LogP contribution in [-0.4, -0.2) is 16.0 Å². The van der Waals surface area contributed by atoms with Crippen molar-refractivity contribution in [1.29, 1.82) is 0 Å². The van der Waals surface area contributed by atoms with E-state index in [4.69, 9.17) is 0 Å². The molecule has 2 aromatic rings. The molecule has 3 nitrogen and oxygen atoms in total. The lowest BCUT2D eigenvalue weighted by atomic mass is 10.3. The molecule has 0 saturated heterocycles. The number of H-pyrrole nitrogens is 1. The zero-order chi connectivity index (χ0) is 9.26. The monoisotopic (exact) mass is 192 g/mol. The van der Waals surface area contributed by atoms with Crippen LogP contribution in [0.5, 0.6) is 0 Å². The number of nitrogens with zero attached hydrogens (tertiary/aromatic N) is 1. The molecule has 0 aliphatic heterocycles. The van der Waals surface area contributed by atoms with E-state index in [-0.39, 0.29) is 5.78 Å². The summed E-state index contributed by atoms with van der Waals surface area (Å²) in [5.74, 6) is 0.107. The number of ketones is 1. The average Bonchev–Trinajstić information content (AvgIpc) is 2.75. The van der Waals surface area contributed by atoms with Crippen LogP contribution >= 0.6 is 11.3 Å². The largest absolute Gasteiger partial charge is 0.294 e. The van der Waals surface area contributed by atoms with E-state index in [0.717, 1.165) is 15.4 Å². The second kappa shape index (κ2) is 3.14. The Labute approximate surface area is 79.4 Å². The highest BCUT2D eigenvalue weighted by Crippen LogP contribution is 2.26. The van der Waals surface area contributed by atoms with E-state index in [1.54, 1.807) is 13.1 Å². The summed E-state index contributed by atoms with van der Waals surface area (Å²) in [6.07, 6.45) is 1.70. The molecule has 0 spiro atoms. The third-order valence-corrected chi connectivity index (χ3v) is 2.94. The number of carbonyl (C=O) groups is 1.